The Labute approximate surface area is 202 Å². The number of thioether (sulfide) groups is 2. The van der Waals surface area contributed by atoms with Gasteiger partial charge in [-0.25, -0.2) is 6.57 Å². The molecular weight excluding hydrogens is 448 g/mol. The Hall–Kier alpha value is -0.940. The number of nitrogens with zero attached hydrogens (tertiary/aromatic N) is 4. The quantitative estimate of drug-likeness (QED) is 0.0349. The molecule has 0 aliphatic rings. The first kappa shape index (κ1) is 30.1. The highest BCUT2D eigenvalue weighted by Gasteiger charge is 2.34. The minimum atomic E-state index is -0.744. The van der Waals surface area contributed by atoms with E-state index in [4.69, 9.17) is 29.1 Å². The monoisotopic (exact) mass is 486 g/mol. The summed E-state index contributed by atoms with van der Waals surface area (Å²) in [6.07, 6.45) is 14.2. The molecule has 0 rings (SSSR count). The summed E-state index contributed by atoms with van der Waals surface area (Å²) in [7, 11) is 0. The van der Waals surface area contributed by atoms with E-state index in [0.29, 0.717) is 19.4 Å². The third kappa shape index (κ3) is 19.5. The minimum Gasteiger partial charge on any atom is -0.466 e. The van der Waals surface area contributed by atoms with Crippen LogP contribution < -0.4 is 0 Å². The molecule has 1 unspecified atom stereocenters. The summed E-state index contributed by atoms with van der Waals surface area (Å²) in [5, 5.41) is 3.39. The lowest BCUT2D eigenvalue weighted by molar-refractivity contribution is -0.143. The molecule has 0 aliphatic carbocycles. The van der Waals surface area contributed by atoms with E-state index in [1.165, 1.54) is 69.5 Å². The van der Waals surface area contributed by atoms with Gasteiger partial charge in [-0.3, -0.25) is 9.64 Å². The molecule has 0 bridgehead atoms. The number of rotatable bonds is 19. The number of hydrogen-bond acceptors (Lipinski definition) is 6. The maximum Gasteiger partial charge on any atom is 0.306 e. The molecule has 31 heavy (non-hydrogen) atoms. The lowest BCUT2D eigenvalue weighted by Gasteiger charge is -2.16. The van der Waals surface area contributed by atoms with Crippen molar-refractivity contribution < 1.29 is 9.53 Å². The van der Waals surface area contributed by atoms with Crippen LogP contribution in [0.25, 0.3) is 15.3 Å². The van der Waals surface area contributed by atoms with Gasteiger partial charge >= 0.3 is 5.97 Å². The summed E-state index contributed by atoms with van der Waals surface area (Å²) in [6.45, 7) is 12.1. The molecule has 0 N–H and O–H groups in total. The Kier molecular flexibility index (Phi) is 20.3. The molecule has 1 atom stereocenters. The van der Waals surface area contributed by atoms with Gasteiger partial charge in [0.05, 0.1) is 13.0 Å². The number of carbonyl (C=O) groups excluding carboxylic acids is 1. The molecule has 9 heteroatoms. The SMILES string of the molecule is [C-]#[N+]C(C)(CCC(=O)OCCCN=[N+]=[N-])SC(=S)SCCCCCCCCCCCC. The molecule has 0 saturated carbocycles. The smallest absolute Gasteiger partial charge is 0.306 e. The van der Waals surface area contributed by atoms with Crippen molar-refractivity contribution in [2.75, 3.05) is 18.9 Å². The zero-order chi connectivity index (χ0) is 23.2. The van der Waals surface area contributed by atoms with E-state index in [0.717, 1.165) is 15.7 Å². The first-order chi connectivity index (χ1) is 15.0. The van der Waals surface area contributed by atoms with Crippen LogP contribution in [0.3, 0.4) is 0 Å². The van der Waals surface area contributed by atoms with Crippen LogP contribution in [0.5, 0.6) is 0 Å². The van der Waals surface area contributed by atoms with E-state index in [1.807, 2.05) is 6.92 Å². The zero-order valence-electron chi connectivity index (χ0n) is 19.1. The second kappa shape index (κ2) is 20.9. The number of carbonyl (C=O) groups is 1. The van der Waals surface area contributed by atoms with E-state index in [2.05, 4.69) is 21.8 Å². The lowest BCUT2D eigenvalue weighted by atomic mass is 10.1. The zero-order valence-corrected chi connectivity index (χ0v) is 21.6. The molecule has 0 saturated heterocycles. The first-order valence-corrected chi connectivity index (χ1v) is 13.6. The summed E-state index contributed by atoms with van der Waals surface area (Å²) in [4.78, 5) is 17.4. The van der Waals surface area contributed by atoms with Gasteiger partial charge in [-0.05, 0) is 35.9 Å². The summed E-state index contributed by atoms with van der Waals surface area (Å²) in [6, 6.07) is 0. The molecule has 0 fully saturated rings. The number of esters is 1. The van der Waals surface area contributed by atoms with Crippen LogP contribution in [0.4, 0.5) is 0 Å². The first-order valence-electron chi connectivity index (χ1n) is 11.4. The van der Waals surface area contributed by atoms with Crippen LogP contribution in [-0.2, 0) is 9.53 Å². The van der Waals surface area contributed by atoms with Crippen LogP contribution in [0, 0.1) is 6.57 Å². The predicted octanol–water partition coefficient (Wildman–Crippen LogP) is 8.32. The van der Waals surface area contributed by atoms with Gasteiger partial charge < -0.3 is 4.74 Å². The van der Waals surface area contributed by atoms with Crippen molar-refractivity contribution in [1.29, 1.82) is 0 Å². The number of hydrogen-bond donors (Lipinski definition) is 0. The maximum atomic E-state index is 11.8. The van der Waals surface area contributed by atoms with Gasteiger partial charge in [0.25, 0.3) is 4.87 Å². The van der Waals surface area contributed by atoms with E-state index in [1.54, 1.807) is 11.8 Å². The summed E-state index contributed by atoms with van der Waals surface area (Å²) < 4.78 is 5.88. The summed E-state index contributed by atoms with van der Waals surface area (Å²) in [5.74, 6) is 0.657. The van der Waals surface area contributed by atoms with Gasteiger partial charge in [-0.1, -0.05) is 82.0 Å². The molecule has 176 valence electrons. The fraction of sp³-hybridized carbons (Fsp3) is 0.864. The molecule has 0 spiro atoms. The van der Waals surface area contributed by atoms with Crippen LogP contribution >= 0.6 is 35.7 Å². The lowest BCUT2D eigenvalue weighted by Crippen LogP contribution is -2.19. The van der Waals surface area contributed by atoms with Crippen molar-refractivity contribution in [3.8, 4) is 0 Å². The van der Waals surface area contributed by atoms with E-state index >= 15 is 0 Å². The van der Waals surface area contributed by atoms with Gasteiger partial charge in [0, 0.05) is 24.8 Å². The third-order valence-electron chi connectivity index (χ3n) is 4.78. The highest BCUT2D eigenvalue weighted by molar-refractivity contribution is 8.47. The Balaban J connectivity index is 3.83. The van der Waals surface area contributed by atoms with Crippen molar-refractivity contribution in [2.24, 2.45) is 5.11 Å². The summed E-state index contributed by atoms with van der Waals surface area (Å²) in [5.41, 5.74) is 8.20. The van der Waals surface area contributed by atoms with Crippen LogP contribution in [-0.4, -0.2) is 33.3 Å². The average Bonchev–Trinajstić information content (AvgIpc) is 2.76. The number of ether oxygens (including phenoxy) is 1. The molecule has 0 aromatic heterocycles. The van der Waals surface area contributed by atoms with Gasteiger partial charge in [-0.2, -0.15) is 0 Å². The maximum absolute atomic E-state index is 11.8. The van der Waals surface area contributed by atoms with E-state index < -0.39 is 4.87 Å². The Morgan fingerprint density at radius 3 is 2.29 bits per heavy atom. The molecule has 0 radical (unpaired) electrons. The molecule has 0 aliphatic heterocycles. The normalized spacial score (nSPS) is 12.4. The fourth-order valence-corrected chi connectivity index (χ4v) is 5.79. The number of azide groups is 1. The Morgan fingerprint density at radius 2 is 1.71 bits per heavy atom. The van der Waals surface area contributed by atoms with Crippen molar-refractivity contribution in [3.63, 3.8) is 0 Å². The highest BCUT2D eigenvalue weighted by Crippen LogP contribution is 2.36. The second-order valence-corrected chi connectivity index (χ2v) is 11.5. The molecule has 0 heterocycles. The van der Waals surface area contributed by atoms with E-state index in [9.17, 15) is 4.79 Å². The number of thiocarbonyl (C=S) groups is 1. The fourth-order valence-electron chi connectivity index (χ4n) is 2.86. The van der Waals surface area contributed by atoms with Crippen molar-refractivity contribution in [1.82, 2.24) is 0 Å². The van der Waals surface area contributed by atoms with Crippen LogP contribution in [0.15, 0.2) is 5.11 Å². The highest BCUT2D eigenvalue weighted by atomic mass is 32.2. The summed E-state index contributed by atoms with van der Waals surface area (Å²) >= 11 is 8.49. The van der Waals surface area contributed by atoms with Crippen LogP contribution in [0.1, 0.15) is 97.3 Å². The second-order valence-electron chi connectivity index (χ2n) is 7.70. The van der Waals surface area contributed by atoms with Crippen molar-refractivity contribution in [3.05, 3.63) is 21.9 Å². The molecular formula is C22H38N4O2S3. The average molecular weight is 487 g/mol. The Bertz CT molecular complexity index is 592. The third-order valence-corrected chi connectivity index (χ3v) is 7.62. The molecule has 0 aromatic rings. The molecule has 0 amide bonds. The van der Waals surface area contributed by atoms with Gasteiger partial charge in [0.1, 0.15) is 3.53 Å². The standard InChI is InChI=1S/C22H38N4O2S3/c1-4-5-6-7-8-9-10-11-12-13-19-30-21(29)31-22(2,24-3)16-15-20(27)28-18-14-17-25-26-23/h4-19H2,1-2H3. The molecule has 6 nitrogen and oxygen atoms in total. The van der Waals surface area contributed by atoms with Gasteiger partial charge in [-0.15, -0.1) is 11.8 Å². The number of unbranched alkanes of at least 4 members (excludes halogenated alkanes) is 9. The minimum absolute atomic E-state index is 0.180. The predicted molar refractivity (Wildman–Crippen MR) is 138 cm³/mol. The van der Waals surface area contributed by atoms with Gasteiger partial charge in [0.15, 0.2) is 0 Å². The van der Waals surface area contributed by atoms with Gasteiger partial charge in [0.2, 0.25) is 0 Å². The Morgan fingerprint density at radius 1 is 1.10 bits per heavy atom. The largest absolute Gasteiger partial charge is 0.466 e. The topological polar surface area (TPSA) is 79.4 Å². The van der Waals surface area contributed by atoms with Crippen LogP contribution in [0.2, 0.25) is 0 Å². The van der Waals surface area contributed by atoms with Crippen molar-refractivity contribution >= 4 is 45.2 Å². The van der Waals surface area contributed by atoms with E-state index in [-0.39, 0.29) is 19.0 Å². The molecule has 0 aromatic carbocycles. The van der Waals surface area contributed by atoms with Crippen molar-refractivity contribution in [2.45, 2.75) is 102 Å².